The Bertz CT molecular complexity index is 558. The highest BCUT2D eigenvalue weighted by molar-refractivity contribution is 7.88. The normalized spacial score (nSPS) is 22.4. The van der Waals surface area contributed by atoms with Crippen molar-refractivity contribution in [2.75, 3.05) is 19.3 Å². The van der Waals surface area contributed by atoms with E-state index < -0.39 is 10.0 Å². The first-order valence-electron chi connectivity index (χ1n) is 6.37. The maximum absolute atomic E-state index is 12.2. The minimum absolute atomic E-state index is 0.185. The van der Waals surface area contributed by atoms with E-state index in [-0.39, 0.29) is 24.4 Å². The van der Waals surface area contributed by atoms with Crippen molar-refractivity contribution >= 4 is 15.9 Å². The number of aromatic nitrogens is 4. The van der Waals surface area contributed by atoms with Crippen molar-refractivity contribution < 1.29 is 13.2 Å². The smallest absolute Gasteiger partial charge is 0.225 e. The molecule has 0 spiro atoms. The molecule has 1 aliphatic heterocycles. The van der Waals surface area contributed by atoms with Crippen molar-refractivity contribution in [1.82, 2.24) is 30.2 Å². The quantitative estimate of drug-likeness (QED) is 0.739. The van der Waals surface area contributed by atoms with Gasteiger partial charge in [-0.3, -0.25) is 4.79 Å². The molecule has 0 aliphatic carbocycles. The highest BCUT2D eigenvalue weighted by atomic mass is 32.2. The molecular weight excluding hydrogens is 284 g/mol. The molecule has 1 aromatic heterocycles. The van der Waals surface area contributed by atoms with Crippen LogP contribution in [0.5, 0.6) is 0 Å². The number of carbonyl (C=O) groups excluding carboxylic acids is 1. The molecule has 0 aromatic carbocycles. The van der Waals surface area contributed by atoms with Crippen LogP contribution >= 0.6 is 0 Å². The molecule has 0 bridgehead atoms. The molecule has 1 aliphatic rings. The summed E-state index contributed by atoms with van der Waals surface area (Å²) in [6, 6.07) is -0.366. The number of aromatic amines is 1. The van der Waals surface area contributed by atoms with Crippen LogP contribution in [-0.4, -0.2) is 58.6 Å². The standard InChI is InChI=1S/C10H18N6O3S/c1-7(9-12-14-15-13-9)11-10(17)8-4-3-5-16(6-8)20(2,18)19/h7-8H,3-6H2,1-2H3,(H,11,17)(H,12,13,14,15). The van der Waals surface area contributed by atoms with Gasteiger partial charge in [0.2, 0.25) is 15.9 Å². The second kappa shape index (κ2) is 5.83. The summed E-state index contributed by atoms with van der Waals surface area (Å²) in [5.74, 6) is -0.127. The number of carbonyl (C=O) groups is 1. The highest BCUT2D eigenvalue weighted by Crippen LogP contribution is 2.19. The number of nitrogens with zero attached hydrogens (tertiary/aromatic N) is 4. The Hall–Kier alpha value is -1.55. The summed E-state index contributed by atoms with van der Waals surface area (Å²) >= 11 is 0. The van der Waals surface area contributed by atoms with Crippen LogP contribution in [0.4, 0.5) is 0 Å². The predicted octanol–water partition coefficient (Wildman–Crippen LogP) is -0.951. The van der Waals surface area contributed by atoms with Gasteiger partial charge in [-0.05, 0) is 19.8 Å². The van der Waals surface area contributed by atoms with E-state index in [1.165, 1.54) is 4.31 Å². The number of piperidine rings is 1. The van der Waals surface area contributed by atoms with E-state index in [0.29, 0.717) is 25.2 Å². The summed E-state index contributed by atoms with van der Waals surface area (Å²) in [4.78, 5) is 12.2. The lowest BCUT2D eigenvalue weighted by atomic mass is 9.98. The van der Waals surface area contributed by atoms with Crippen molar-refractivity contribution in [3.05, 3.63) is 5.82 Å². The summed E-state index contributed by atoms with van der Waals surface area (Å²) in [6.07, 6.45) is 2.52. The fourth-order valence-electron chi connectivity index (χ4n) is 2.21. The van der Waals surface area contributed by atoms with Gasteiger partial charge in [-0.2, -0.15) is 5.21 Å². The summed E-state index contributed by atoms with van der Waals surface area (Å²) < 4.78 is 24.4. The van der Waals surface area contributed by atoms with Gasteiger partial charge in [0.25, 0.3) is 0 Å². The molecule has 9 nitrogen and oxygen atoms in total. The van der Waals surface area contributed by atoms with Gasteiger partial charge in [0.1, 0.15) is 0 Å². The Morgan fingerprint density at radius 1 is 1.55 bits per heavy atom. The van der Waals surface area contributed by atoms with Crippen molar-refractivity contribution in [2.24, 2.45) is 5.92 Å². The van der Waals surface area contributed by atoms with Crippen LogP contribution in [0, 0.1) is 5.92 Å². The predicted molar refractivity (Wildman–Crippen MR) is 69.9 cm³/mol. The number of nitrogens with one attached hydrogen (secondary N) is 2. The summed E-state index contributed by atoms with van der Waals surface area (Å²) in [5.41, 5.74) is 0. The molecule has 1 fully saturated rings. The number of amides is 1. The van der Waals surface area contributed by atoms with Crippen LogP contribution < -0.4 is 5.32 Å². The maximum atomic E-state index is 12.2. The SMILES string of the molecule is CC(NC(=O)C1CCCN(S(C)(=O)=O)C1)c1nn[nH]n1. The lowest BCUT2D eigenvalue weighted by Crippen LogP contribution is -2.45. The first-order valence-corrected chi connectivity index (χ1v) is 8.21. The van der Waals surface area contributed by atoms with Gasteiger partial charge in [-0.1, -0.05) is 5.21 Å². The van der Waals surface area contributed by atoms with Gasteiger partial charge in [0, 0.05) is 13.1 Å². The number of tetrazole rings is 1. The van der Waals surface area contributed by atoms with Crippen LogP contribution in [0.1, 0.15) is 31.6 Å². The Kier molecular flexibility index (Phi) is 4.33. The van der Waals surface area contributed by atoms with E-state index in [1.54, 1.807) is 6.92 Å². The molecular formula is C10H18N6O3S. The van der Waals surface area contributed by atoms with Gasteiger partial charge in [-0.15, -0.1) is 10.2 Å². The average molecular weight is 302 g/mol. The Morgan fingerprint density at radius 3 is 2.90 bits per heavy atom. The van der Waals surface area contributed by atoms with E-state index in [2.05, 4.69) is 25.9 Å². The van der Waals surface area contributed by atoms with Crippen LogP contribution in [0.15, 0.2) is 0 Å². The molecule has 1 aromatic rings. The molecule has 2 N–H and O–H groups in total. The van der Waals surface area contributed by atoms with Crippen LogP contribution in [0.3, 0.4) is 0 Å². The van der Waals surface area contributed by atoms with E-state index in [0.717, 1.165) is 6.26 Å². The number of hydrogen-bond donors (Lipinski definition) is 2. The van der Waals surface area contributed by atoms with Crippen molar-refractivity contribution in [2.45, 2.75) is 25.8 Å². The number of H-pyrrole nitrogens is 1. The second-order valence-corrected chi connectivity index (χ2v) is 6.94. The topological polar surface area (TPSA) is 121 Å². The molecule has 2 rings (SSSR count). The molecule has 2 heterocycles. The Balaban J connectivity index is 1.95. The largest absolute Gasteiger partial charge is 0.346 e. The molecule has 0 radical (unpaired) electrons. The lowest BCUT2D eigenvalue weighted by molar-refractivity contribution is -0.126. The van der Waals surface area contributed by atoms with Gasteiger partial charge in [0.15, 0.2) is 5.82 Å². The number of sulfonamides is 1. The summed E-state index contributed by atoms with van der Waals surface area (Å²) in [7, 11) is -3.25. The Morgan fingerprint density at radius 2 is 2.30 bits per heavy atom. The highest BCUT2D eigenvalue weighted by Gasteiger charge is 2.31. The monoisotopic (exact) mass is 302 g/mol. The molecule has 2 atom stereocenters. The van der Waals surface area contributed by atoms with Gasteiger partial charge < -0.3 is 5.32 Å². The fraction of sp³-hybridized carbons (Fsp3) is 0.800. The lowest BCUT2D eigenvalue weighted by Gasteiger charge is -2.30. The summed E-state index contributed by atoms with van der Waals surface area (Å²) in [5, 5.41) is 16.1. The second-order valence-electron chi connectivity index (χ2n) is 4.96. The molecule has 20 heavy (non-hydrogen) atoms. The van der Waals surface area contributed by atoms with E-state index >= 15 is 0 Å². The van der Waals surface area contributed by atoms with Gasteiger partial charge >= 0.3 is 0 Å². The average Bonchev–Trinajstić information content (AvgIpc) is 2.91. The first-order chi connectivity index (χ1) is 9.38. The molecule has 1 saturated heterocycles. The van der Waals surface area contributed by atoms with E-state index in [4.69, 9.17) is 0 Å². The minimum Gasteiger partial charge on any atom is -0.346 e. The third-order valence-electron chi connectivity index (χ3n) is 3.33. The van der Waals surface area contributed by atoms with E-state index in [9.17, 15) is 13.2 Å². The zero-order chi connectivity index (χ0) is 14.8. The third-order valence-corrected chi connectivity index (χ3v) is 4.60. The van der Waals surface area contributed by atoms with E-state index in [1.807, 2.05) is 0 Å². The maximum Gasteiger partial charge on any atom is 0.225 e. The van der Waals surface area contributed by atoms with Gasteiger partial charge in [-0.25, -0.2) is 12.7 Å². The van der Waals surface area contributed by atoms with Crippen LogP contribution in [0.2, 0.25) is 0 Å². The first kappa shape index (κ1) is 14.9. The molecule has 10 heteroatoms. The van der Waals surface area contributed by atoms with Crippen molar-refractivity contribution in [3.8, 4) is 0 Å². The van der Waals surface area contributed by atoms with Crippen LogP contribution in [0.25, 0.3) is 0 Å². The summed E-state index contributed by atoms with van der Waals surface area (Å²) in [6.45, 7) is 2.45. The number of hydrogen-bond acceptors (Lipinski definition) is 6. The van der Waals surface area contributed by atoms with Gasteiger partial charge in [0.05, 0.1) is 18.2 Å². The zero-order valence-electron chi connectivity index (χ0n) is 11.4. The third kappa shape index (κ3) is 3.51. The van der Waals surface area contributed by atoms with Crippen molar-refractivity contribution in [1.29, 1.82) is 0 Å². The van der Waals surface area contributed by atoms with Crippen molar-refractivity contribution in [3.63, 3.8) is 0 Å². The number of rotatable bonds is 4. The molecule has 0 saturated carbocycles. The molecule has 112 valence electrons. The zero-order valence-corrected chi connectivity index (χ0v) is 12.2. The molecule has 2 unspecified atom stereocenters. The minimum atomic E-state index is -3.25. The fourth-order valence-corrected chi connectivity index (χ4v) is 3.12. The Labute approximate surface area is 117 Å². The van der Waals surface area contributed by atoms with Crippen LogP contribution in [-0.2, 0) is 14.8 Å². The molecule has 1 amide bonds.